The molecule has 0 spiro atoms. The Kier molecular flexibility index (Phi) is 4.64. The maximum atomic E-state index is 12.4. The van der Waals surface area contributed by atoms with Gasteiger partial charge >= 0.3 is 0 Å². The van der Waals surface area contributed by atoms with Gasteiger partial charge in [-0.25, -0.2) is 8.42 Å². The number of sulfone groups is 1. The van der Waals surface area contributed by atoms with Crippen LogP contribution in [0.2, 0.25) is 10.0 Å². The first kappa shape index (κ1) is 15.6. The van der Waals surface area contributed by atoms with Gasteiger partial charge in [-0.1, -0.05) is 45.2 Å². The van der Waals surface area contributed by atoms with Crippen LogP contribution in [0, 0.1) is 0 Å². The van der Waals surface area contributed by atoms with Crippen molar-refractivity contribution in [1.82, 2.24) is 0 Å². The van der Waals surface area contributed by atoms with Gasteiger partial charge in [0.05, 0.1) is 16.3 Å². The number of hydrogen-bond donors (Lipinski definition) is 1. The summed E-state index contributed by atoms with van der Waals surface area (Å²) in [5.41, 5.74) is 6.43. The van der Waals surface area contributed by atoms with Gasteiger partial charge in [-0.05, 0) is 35.9 Å². The summed E-state index contributed by atoms with van der Waals surface area (Å²) in [6.07, 6.45) is 0. The number of anilines is 1. The van der Waals surface area contributed by atoms with Gasteiger partial charge in [0.25, 0.3) is 0 Å². The highest BCUT2D eigenvalue weighted by Gasteiger charge is 2.20. The van der Waals surface area contributed by atoms with E-state index < -0.39 is 9.84 Å². The van der Waals surface area contributed by atoms with Crippen LogP contribution in [0.4, 0.5) is 5.69 Å². The van der Waals surface area contributed by atoms with Crippen LogP contribution in [-0.4, -0.2) is 8.42 Å². The lowest BCUT2D eigenvalue weighted by atomic mass is 10.2. The molecule has 0 bridgehead atoms. The zero-order valence-corrected chi connectivity index (χ0v) is 14.0. The van der Waals surface area contributed by atoms with Gasteiger partial charge < -0.3 is 5.73 Å². The Labute approximate surface area is 135 Å². The summed E-state index contributed by atoms with van der Waals surface area (Å²) in [7, 11) is -3.58. The molecule has 0 radical (unpaired) electrons. The highest BCUT2D eigenvalue weighted by molar-refractivity contribution is 9.10. The molecule has 0 aliphatic carbocycles. The average molecular weight is 395 g/mol. The summed E-state index contributed by atoms with van der Waals surface area (Å²) in [4.78, 5) is 0.0814. The first-order valence-electron chi connectivity index (χ1n) is 5.51. The Morgan fingerprint density at radius 2 is 1.80 bits per heavy atom. The minimum atomic E-state index is -3.58. The molecule has 0 fully saturated rings. The van der Waals surface area contributed by atoms with E-state index in [0.717, 1.165) is 0 Å². The van der Waals surface area contributed by atoms with Crippen LogP contribution < -0.4 is 5.73 Å². The van der Waals surface area contributed by atoms with Crippen molar-refractivity contribution in [2.45, 2.75) is 10.6 Å². The third kappa shape index (κ3) is 3.47. The monoisotopic (exact) mass is 393 g/mol. The molecule has 0 saturated heterocycles. The molecule has 0 amide bonds. The largest absolute Gasteiger partial charge is 0.398 e. The fourth-order valence-electron chi connectivity index (χ4n) is 1.70. The SMILES string of the molecule is Nc1ccc(Br)cc1S(=O)(=O)Cc1ccc(Cl)cc1Cl. The molecule has 7 heteroatoms. The van der Waals surface area contributed by atoms with Crippen molar-refractivity contribution in [2.75, 3.05) is 5.73 Å². The number of halogens is 3. The highest BCUT2D eigenvalue weighted by atomic mass is 79.9. The van der Waals surface area contributed by atoms with E-state index in [-0.39, 0.29) is 16.3 Å². The van der Waals surface area contributed by atoms with E-state index in [1.54, 1.807) is 24.3 Å². The van der Waals surface area contributed by atoms with Gasteiger partial charge in [-0.3, -0.25) is 0 Å². The number of nitrogen functional groups attached to an aromatic ring is 1. The molecule has 0 aliphatic rings. The summed E-state index contributed by atoms with van der Waals surface area (Å²) >= 11 is 15.0. The smallest absolute Gasteiger partial charge is 0.184 e. The van der Waals surface area contributed by atoms with E-state index in [2.05, 4.69) is 15.9 Å². The molecule has 0 aromatic heterocycles. The van der Waals surface area contributed by atoms with Gasteiger partial charge in [0.2, 0.25) is 0 Å². The third-order valence-corrected chi connectivity index (χ3v) is 5.47. The van der Waals surface area contributed by atoms with Crippen molar-refractivity contribution in [3.05, 3.63) is 56.5 Å². The lowest BCUT2D eigenvalue weighted by Crippen LogP contribution is -2.08. The number of benzene rings is 2. The number of rotatable bonds is 3. The van der Waals surface area contributed by atoms with Gasteiger partial charge in [0, 0.05) is 14.5 Å². The van der Waals surface area contributed by atoms with Crippen LogP contribution in [0.1, 0.15) is 5.56 Å². The van der Waals surface area contributed by atoms with Crippen molar-refractivity contribution in [2.24, 2.45) is 0 Å². The Morgan fingerprint density at radius 3 is 2.45 bits per heavy atom. The average Bonchev–Trinajstić information content (AvgIpc) is 2.35. The first-order valence-corrected chi connectivity index (χ1v) is 8.71. The predicted octanol–water partition coefficient (Wildman–Crippen LogP) is 4.31. The number of nitrogens with two attached hydrogens (primary N) is 1. The standard InChI is InChI=1S/C13H10BrCl2NO2S/c14-9-2-4-12(17)13(5-9)20(18,19)7-8-1-3-10(15)6-11(8)16/h1-6H,7,17H2. The summed E-state index contributed by atoms with van der Waals surface area (Å²) in [5, 5.41) is 0.771. The molecule has 106 valence electrons. The third-order valence-electron chi connectivity index (χ3n) is 2.67. The topological polar surface area (TPSA) is 60.2 Å². The summed E-state index contributed by atoms with van der Waals surface area (Å²) in [6.45, 7) is 0. The van der Waals surface area contributed by atoms with Gasteiger partial charge in [-0.2, -0.15) is 0 Å². The van der Waals surface area contributed by atoms with Crippen LogP contribution in [0.25, 0.3) is 0 Å². The van der Waals surface area contributed by atoms with Crippen molar-refractivity contribution < 1.29 is 8.42 Å². The van der Waals surface area contributed by atoms with E-state index in [4.69, 9.17) is 28.9 Å². The Balaban J connectivity index is 2.43. The molecular weight excluding hydrogens is 385 g/mol. The molecule has 0 heterocycles. The van der Waals surface area contributed by atoms with Gasteiger partial charge in [-0.15, -0.1) is 0 Å². The minimum Gasteiger partial charge on any atom is -0.398 e. The van der Waals surface area contributed by atoms with Gasteiger partial charge in [0.15, 0.2) is 9.84 Å². The molecule has 20 heavy (non-hydrogen) atoms. The zero-order valence-electron chi connectivity index (χ0n) is 10.1. The molecule has 2 aromatic rings. The lowest BCUT2D eigenvalue weighted by Gasteiger charge is -2.09. The van der Waals surface area contributed by atoms with E-state index in [9.17, 15) is 8.42 Å². The first-order chi connectivity index (χ1) is 9.29. The molecule has 2 aromatic carbocycles. The van der Waals surface area contributed by atoms with Crippen molar-refractivity contribution in [3.63, 3.8) is 0 Å². The van der Waals surface area contributed by atoms with Crippen LogP contribution in [0.5, 0.6) is 0 Å². The maximum absolute atomic E-state index is 12.4. The van der Waals surface area contributed by atoms with Crippen LogP contribution >= 0.6 is 39.1 Å². The molecule has 0 aliphatic heterocycles. The van der Waals surface area contributed by atoms with Crippen LogP contribution in [-0.2, 0) is 15.6 Å². The molecule has 3 nitrogen and oxygen atoms in total. The summed E-state index contributed by atoms with van der Waals surface area (Å²) in [6, 6.07) is 9.41. The molecular formula is C13H10BrCl2NO2S. The minimum absolute atomic E-state index is 0.0814. The van der Waals surface area contributed by atoms with E-state index in [1.807, 2.05) is 0 Å². The van der Waals surface area contributed by atoms with E-state index >= 15 is 0 Å². The molecule has 0 saturated carbocycles. The predicted molar refractivity (Wildman–Crippen MR) is 85.9 cm³/mol. The second-order valence-electron chi connectivity index (χ2n) is 4.18. The van der Waals surface area contributed by atoms with Crippen LogP contribution in [0.15, 0.2) is 45.8 Å². The summed E-state index contributed by atoms with van der Waals surface area (Å²) < 4.78 is 25.5. The normalized spacial score (nSPS) is 11.6. The maximum Gasteiger partial charge on any atom is 0.184 e. The van der Waals surface area contributed by atoms with Gasteiger partial charge in [0.1, 0.15) is 0 Å². The Bertz CT molecular complexity index is 763. The van der Waals surface area contributed by atoms with Crippen molar-refractivity contribution >= 4 is 54.7 Å². The second-order valence-corrected chi connectivity index (χ2v) is 7.89. The van der Waals surface area contributed by atoms with E-state index in [1.165, 1.54) is 12.1 Å². The molecule has 0 unspecified atom stereocenters. The molecule has 2 N–H and O–H groups in total. The van der Waals surface area contributed by atoms with Crippen LogP contribution in [0.3, 0.4) is 0 Å². The van der Waals surface area contributed by atoms with Crippen molar-refractivity contribution in [3.8, 4) is 0 Å². The molecule has 2 rings (SSSR count). The van der Waals surface area contributed by atoms with Crippen molar-refractivity contribution in [1.29, 1.82) is 0 Å². The number of hydrogen-bond acceptors (Lipinski definition) is 3. The quantitative estimate of drug-likeness (QED) is 0.789. The Hall–Kier alpha value is -0.750. The highest BCUT2D eigenvalue weighted by Crippen LogP contribution is 2.29. The fourth-order valence-corrected chi connectivity index (χ4v) is 4.32. The van der Waals surface area contributed by atoms with E-state index in [0.29, 0.717) is 20.1 Å². The lowest BCUT2D eigenvalue weighted by molar-refractivity contribution is 0.595. The molecule has 0 atom stereocenters. The Morgan fingerprint density at radius 1 is 1.10 bits per heavy atom. The second kappa shape index (κ2) is 5.93. The fraction of sp³-hybridized carbons (Fsp3) is 0.0769. The zero-order chi connectivity index (χ0) is 14.9. The summed E-state index contributed by atoms with van der Waals surface area (Å²) in [5.74, 6) is -0.232.